The van der Waals surface area contributed by atoms with E-state index in [1.807, 2.05) is 11.4 Å². The number of amides is 1. The van der Waals surface area contributed by atoms with Crippen molar-refractivity contribution in [1.29, 1.82) is 0 Å². The van der Waals surface area contributed by atoms with Gasteiger partial charge in [-0.25, -0.2) is 4.79 Å². The lowest BCUT2D eigenvalue weighted by Gasteiger charge is -2.38. The number of rotatable bonds is 5. The third kappa shape index (κ3) is 3.60. The molecule has 7 heteroatoms. The highest BCUT2D eigenvalue weighted by molar-refractivity contribution is 7.10. The van der Waals surface area contributed by atoms with Crippen LogP contribution < -0.4 is 0 Å². The molecule has 0 spiro atoms. The van der Waals surface area contributed by atoms with Gasteiger partial charge in [0.1, 0.15) is 0 Å². The normalized spacial score (nSPS) is 17.8. The Morgan fingerprint density at radius 3 is 2.55 bits per heavy atom. The van der Waals surface area contributed by atoms with Gasteiger partial charge in [0.2, 0.25) is 0 Å². The highest BCUT2D eigenvalue weighted by Gasteiger charge is 2.38. The van der Waals surface area contributed by atoms with E-state index in [2.05, 4.69) is 0 Å². The first-order valence-corrected chi connectivity index (χ1v) is 8.09. The first-order chi connectivity index (χ1) is 10.5. The number of thiophene rings is 1. The Morgan fingerprint density at radius 2 is 2.00 bits per heavy atom. The van der Waals surface area contributed by atoms with E-state index in [1.165, 1.54) is 7.11 Å². The molecule has 1 N–H and O–H groups in total. The monoisotopic (exact) mass is 329 g/mol. The molecule has 124 valence electrons. The lowest BCUT2D eigenvalue weighted by atomic mass is 9.84. The number of hydrogen-bond donors (Lipinski definition) is 1. The van der Waals surface area contributed by atoms with Gasteiger partial charge in [0.25, 0.3) is 0 Å². The summed E-state index contributed by atoms with van der Waals surface area (Å²) in [6.45, 7) is 0.965. The third-order valence-electron chi connectivity index (χ3n) is 4.15. The van der Waals surface area contributed by atoms with Gasteiger partial charge in [0.05, 0.1) is 12.7 Å². The second-order valence-electron chi connectivity index (χ2n) is 5.35. The van der Waals surface area contributed by atoms with Crippen LogP contribution in [0.4, 0.5) is 4.79 Å². The maximum atomic E-state index is 11.5. The topological polar surface area (TPSA) is 68.2 Å². The van der Waals surface area contributed by atoms with Gasteiger partial charge in [0, 0.05) is 38.6 Å². The number of nitrogens with zero attached hydrogens (tertiary/aromatic N) is 1. The molecule has 0 bridgehead atoms. The molecule has 1 saturated heterocycles. The van der Waals surface area contributed by atoms with E-state index in [-0.39, 0.29) is 12.4 Å². The average molecular weight is 329 g/mol. The third-order valence-corrected chi connectivity index (χ3v) is 5.09. The van der Waals surface area contributed by atoms with Crippen molar-refractivity contribution in [2.24, 2.45) is 0 Å². The van der Waals surface area contributed by atoms with Gasteiger partial charge in [0.15, 0.2) is 6.29 Å². The van der Waals surface area contributed by atoms with Crippen molar-refractivity contribution in [2.75, 3.05) is 34.4 Å². The van der Waals surface area contributed by atoms with Gasteiger partial charge < -0.3 is 24.2 Å². The van der Waals surface area contributed by atoms with E-state index in [0.29, 0.717) is 32.4 Å². The minimum atomic E-state index is -0.911. The Hall–Kier alpha value is -1.15. The smallest absolute Gasteiger partial charge is 0.409 e. The minimum Gasteiger partial charge on any atom is -0.453 e. The van der Waals surface area contributed by atoms with Crippen LogP contribution in [0.1, 0.15) is 23.3 Å². The predicted molar refractivity (Wildman–Crippen MR) is 82.9 cm³/mol. The number of ether oxygens (including phenoxy) is 3. The van der Waals surface area contributed by atoms with E-state index in [4.69, 9.17) is 14.2 Å². The first-order valence-electron chi connectivity index (χ1n) is 7.21. The van der Waals surface area contributed by atoms with Crippen LogP contribution in [0.25, 0.3) is 0 Å². The molecule has 1 fully saturated rings. The van der Waals surface area contributed by atoms with Gasteiger partial charge in [-0.05, 0) is 29.9 Å². The molecule has 1 aromatic heterocycles. The van der Waals surface area contributed by atoms with Crippen LogP contribution in [0.2, 0.25) is 0 Å². The number of carbonyl (C=O) groups is 1. The maximum Gasteiger partial charge on any atom is 0.409 e. The van der Waals surface area contributed by atoms with Crippen molar-refractivity contribution in [3.8, 4) is 0 Å². The Bertz CT molecular complexity index is 492. The number of piperidine rings is 1. The van der Waals surface area contributed by atoms with Crippen molar-refractivity contribution in [3.05, 3.63) is 21.9 Å². The number of likely N-dealkylation sites (tertiary alicyclic amines) is 1. The molecule has 1 aliphatic rings. The molecular weight excluding hydrogens is 306 g/mol. The SMILES string of the molecule is COC(=O)N1CCC(O)(c2ccsc2CC(OC)OC)CC1. The van der Waals surface area contributed by atoms with Crippen molar-refractivity contribution < 1.29 is 24.1 Å². The summed E-state index contributed by atoms with van der Waals surface area (Å²) in [6.07, 6.45) is 0.929. The maximum absolute atomic E-state index is 11.5. The van der Waals surface area contributed by atoms with Gasteiger partial charge in [-0.2, -0.15) is 0 Å². The molecule has 1 amide bonds. The van der Waals surface area contributed by atoms with Gasteiger partial charge in [-0.1, -0.05) is 0 Å². The van der Waals surface area contributed by atoms with Crippen LogP contribution in [0.3, 0.4) is 0 Å². The van der Waals surface area contributed by atoms with Gasteiger partial charge in [-0.15, -0.1) is 11.3 Å². The fourth-order valence-corrected chi connectivity index (χ4v) is 3.77. The molecule has 6 nitrogen and oxygen atoms in total. The number of methoxy groups -OCH3 is 3. The summed E-state index contributed by atoms with van der Waals surface area (Å²) in [7, 11) is 4.58. The fourth-order valence-electron chi connectivity index (χ4n) is 2.79. The highest BCUT2D eigenvalue weighted by Crippen LogP contribution is 2.37. The molecule has 0 unspecified atom stereocenters. The Morgan fingerprint density at radius 1 is 1.36 bits per heavy atom. The molecule has 0 aliphatic carbocycles. The summed E-state index contributed by atoms with van der Waals surface area (Å²) in [5.74, 6) is 0. The van der Waals surface area contributed by atoms with Crippen LogP contribution in [-0.4, -0.2) is 56.8 Å². The molecule has 0 radical (unpaired) electrons. The van der Waals surface area contributed by atoms with Crippen molar-refractivity contribution in [2.45, 2.75) is 31.2 Å². The second-order valence-corrected chi connectivity index (χ2v) is 6.35. The van der Waals surface area contributed by atoms with Crippen LogP contribution in [0.15, 0.2) is 11.4 Å². The van der Waals surface area contributed by atoms with E-state index in [0.717, 1.165) is 10.4 Å². The van der Waals surface area contributed by atoms with Crippen LogP contribution in [-0.2, 0) is 26.2 Å². The van der Waals surface area contributed by atoms with Crippen molar-refractivity contribution in [1.82, 2.24) is 4.90 Å². The number of aliphatic hydroxyl groups is 1. The summed E-state index contributed by atoms with van der Waals surface area (Å²) in [6, 6.07) is 1.95. The van der Waals surface area contributed by atoms with Crippen molar-refractivity contribution in [3.63, 3.8) is 0 Å². The summed E-state index contributed by atoms with van der Waals surface area (Å²) < 4.78 is 15.2. The number of hydrogen-bond acceptors (Lipinski definition) is 6. The zero-order valence-corrected chi connectivity index (χ0v) is 14.0. The first kappa shape index (κ1) is 17.2. The lowest BCUT2D eigenvalue weighted by molar-refractivity contribution is -0.100. The lowest BCUT2D eigenvalue weighted by Crippen LogP contribution is -2.45. The molecule has 1 aliphatic heterocycles. The molecule has 22 heavy (non-hydrogen) atoms. The summed E-state index contributed by atoms with van der Waals surface area (Å²) in [4.78, 5) is 14.2. The second kappa shape index (κ2) is 7.41. The minimum absolute atomic E-state index is 0.323. The molecule has 2 heterocycles. The van der Waals surface area contributed by atoms with E-state index in [1.54, 1.807) is 30.5 Å². The summed E-state index contributed by atoms with van der Waals surface area (Å²) in [5, 5.41) is 13.0. The molecule has 0 saturated carbocycles. The molecule has 0 atom stereocenters. The molecule has 2 rings (SSSR count). The van der Waals surface area contributed by atoms with E-state index >= 15 is 0 Å². The van der Waals surface area contributed by atoms with Gasteiger partial charge in [-0.3, -0.25) is 0 Å². The number of carbonyl (C=O) groups excluding carboxylic acids is 1. The molecule has 1 aromatic rings. The zero-order valence-electron chi connectivity index (χ0n) is 13.2. The fraction of sp³-hybridized carbons (Fsp3) is 0.667. The van der Waals surface area contributed by atoms with Crippen LogP contribution in [0, 0.1) is 0 Å². The highest BCUT2D eigenvalue weighted by atomic mass is 32.1. The Labute approximate surface area is 134 Å². The van der Waals surface area contributed by atoms with E-state index < -0.39 is 5.60 Å². The average Bonchev–Trinajstić information content (AvgIpc) is 3.01. The van der Waals surface area contributed by atoms with Gasteiger partial charge >= 0.3 is 6.09 Å². The summed E-state index contributed by atoms with van der Waals surface area (Å²) in [5.41, 5.74) is 0.00687. The largest absolute Gasteiger partial charge is 0.453 e. The predicted octanol–water partition coefficient (Wildman–Crippen LogP) is 1.96. The molecule has 0 aromatic carbocycles. The standard InChI is InChI=1S/C15H23NO5S/c1-19-13(20-2)10-12-11(4-9-22-12)15(18)5-7-16(8-6-15)14(17)21-3/h4,9,13,18H,5-8,10H2,1-3H3. The Balaban J connectivity index is 2.09. The molecular formula is C15H23NO5S. The van der Waals surface area contributed by atoms with Crippen molar-refractivity contribution >= 4 is 17.4 Å². The summed E-state index contributed by atoms with van der Waals surface area (Å²) >= 11 is 1.59. The zero-order chi connectivity index (χ0) is 16.2. The van der Waals surface area contributed by atoms with Crippen LogP contribution in [0.5, 0.6) is 0 Å². The quantitative estimate of drug-likeness (QED) is 0.837. The van der Waals surface area contributed by atoms with Crippen LogP contribution >= 0.6 is 11.3 Å². The van der Waals surface area contributed by atoms with E-state index in [9.17, 15) is 9.90 Å². The Kier molecular flexibility index (Phi) is 5.80.